The summed E-state index contributed by atoms with van der Waals surface area (Å²) in [5.41, 5.74) is 2.19. The zero-order valence-corrected chi connectivity index (χ0v) is 14.0. The normalized spacial score (nSPS) is 13.2. The molecule has 1 amide bonds. The fraction of sp³-hybridized carbons (Fsp3) is 0.353. The van der Waals surface area contributed by atoms with Gasteiger partial charge in [0.15, 0.2) is 11.5 Å². The van der Waals surface area contributed by atoms with Crippen molar-refractivity contribution in [3.63, 3.8) is 0 Å². The van der Waals surface area contributed by atoms with E-state index in [9.17, 15) is 14.7 Å². The molecule has 0 saturated carbocycles. The number of hydrogen-bond donors (Lipinski definition) is 2. The van der Waals surface area contributed by atoms with Crippen molar-refractivity contribution in [1.82, 2.24) is 10.3 Å². The maximum absolute atomic E-state index is 12.5. The van der Waals surface area contributed by atoms with E-state index >= 15 is 0 Å². The molecular weight excluding hydrogens is 310 g/mol. The predicted molar refractivity (Wildman–Crippen MR) is 90.0 cm³/mol. The minimum absolute atomic E-state index is 0.0131. The number of fused-ring (bicyclic) bond motifs is 1. The van der Waals surface area contributed by atoms with Crippen molar-refractivity contribution in [2.24, 2.45) is 5.10 Å². The molecule has 0 saturated heterocycles. The van der Waals surface area contributed by atoms with Crippen LogP contribution in [0.5, 0.6) is 0 Å². The number of nitrogens with zero attached hydrogens (tertiary/aromatic N) is 2. The molecule has 2 rings (SSSR count). The number of hydrogen-bond acceptors (Lipinski definition) is 6. The van der Waals surface area contributed by atoms with Crippen molar-refractivity contribution >= 4 is 23.3 Å². The molecule has 0 fully saturated rings. The zero-order chi connectivity index (χ0) is 17.7. The van der Waals surface area contributed by atoms with E-state index in [4.69, 9.17) is 4.74 Å². The Morgan fingerprint density at radius 1 is 1.33 bits per heavy atom. The third kappa shape index (κ3) is 3.92. The first kappa shape index (κ1) is 17.5. The Balaban J connectivity index is 2.32. The van der Waals surface area contributed by atoms with Gasteiger partial charge in [-0.1, -0.05) is 24.3 Å². The Hall–Kier alpha value is -2.83. The standard InChI is InChI=1S/C17H21N3O4/c1-4-24-14(21)9-18-17(23)15-16(22)13-8-6-5-7-12(13)10-20(15)19-11(2)3/h5-8,22H,4,9-10H2,1-3H3,(H,18,23). The molecule has 0 radical (unpaired) electrons. The number of aliphatic hydroxyl groups excluding tert-OH is 1. The molecule has 1 aromatic rings. The maximum Gasteiger partial charge on any atom is 0.325 e. The highest BCUT2D eigenvalue weighted by atomic mass is 16.5. The summed E-state index contributed by atoms with van der Waals surface area (Å²) in [7, 11) is 0. The van der Waals surface area contributed by atoms with Crippen molar-refractivity contribution in [3.8, 4) is 0 Å². The first-order chi connectivity index (χ1) is 11.4. The molecule has 0 bridgehead atoms. The molecular formula is C17H21N3O4. The molecule has 1 aliphatic heterocycles. The Morgan fingerprint density at radius 2 is 2.04 bits per heavy atom. The lowest BCUT2D eigenvalue weighted by Gasteiger charge is -2.28. The summed E-state index contributed by atoms with van der Waals surface area (Å²) in [6, 6.07) is 7.25. The molecule has 128 valence electrons. The van der Waals surface area contributed by atoms with Crippen LogP contribution >= 0.6 is 0 Å². The van der Waals surface area contributed by atoms with Crippen LogP contribution in [0.25, 0.3) is 5.76 Å². The number of amides is 1. The van der Waals surface area contributed by atoms with Crippen LogP contribution in [-0.4, -0.2) is 40.9 Å². The highest BCUT2D eigenvalue weighted by Gasteiger charge is 2.29. The largest absolute Gasteiger partial charge is 0.505 e. The van der Waals surface area contributed by atoms with Gasteiger partial charge >= 0.3 is 5.97 Å². The van der Waals surface area contributed by atoms with Crippen LogP contribution in [0.4, 0.5) is 0 Å². The number of nitrogens with one attached hydrogen (secondary N) is 1. The number of hydrazone groups is 1. The molecule has 0 atom stereocenters. The summed E-state index contributed by atoms with van der Waals surface area (Å²) in [4.78, 5) is 23.9. The number of carbonyl (C=O) groups is 2. The quantitative estimate of drug-likeness (QED) is 0.634. The van der Waals surface area contributed by atoms with Crippen LogP contribution in [-0.2, 0) is 20.9 Å². The summed E-state index contributed by atoms with van der Waals surface area (Å²) in [5.74, 6) is -1.29. The van der Waals surface area contributed by atoms with Gasteiger partial charge in [0.2, 0.25) is 0 Å². The van der Waals surface area contributed by atoms with E-state index in [1.807, 2.05) is 12.1 Å². The van der Waals surface area contributed by atoms with E-state index in [1.54, 1.807) is 32.9 Å². The molecule has 1 heterocycles. The molecule has 7 heteroatoms. The summed E-state index contributed by atoms with van der Waals surface area (Å²) >= 11 is 0. The van der Waals surface area contributed by atoms with Crippen molar-refractivity contribution in [1.29, 1.82) is 0 Å². The van der Waals surface area contributed by atoms with Gasteiger partial charge in [0, 0.05) is 11.3 Å². The van der Waals surface area contributed by atoms with E-state index in [0.29, 0.717) is 12.1 Å². The third-order valence-corrected chi connectivity index (χ3v) is 3.31. The van der Waals surface area contributed by atoms with Crippen molar-refractivity contribution in [2.45, 2.75) is 27.3 Å². The van der Waals surface area contributed by atoms with Gasteiger partial charge in [-0.2, -0.15) is 5.10 Å². The SMILES string of the molecule is CCOC(=O)CNC(=O)C1=C(O)c2ccccc2CN1N=C(C)C. The lowest BCUT2D eigenvalue weighted by Crippen LogP contribution is -2.38. The second kappa shape index (κ2) is 7.63. The Bertz CT molecular complexity index is 706. The van der Waals surface area contributed by atoms with Gasteiger partial charge in [-0.05, 0) is 26.3 Å². The van der Waals surface area contributed by atoms with E-state index in [2.05, 4.69) is 10.4 Å². The fourth-order valence-electron chi connectivity index (χ4n) is 2.38. The fourth-order valence-corrected chi connectivity index (χ4v) is 2.38. The summed E-state index contributed by atoms with van der Waals surface area (Å²) in [6.07, 6.45) is 0. The Morgan fingerprint density at radius 3 is 2.71 bits per heavy atom. The van der Waals surface area contributed by atoms with Gasteiger partial charge in [0.25, 0.3) is 5.91 Å². The lowest BCUT2D eigenvalue weighted by atomic mass is 10.0. The molecule has 0 aliphatic carbocycles. The number of esters is 1. The average Bonchev–Trinajstić information content (AvgIpc) is 2.53. The highest BCUT2D eigenvalue weighted by Crippen LogP contribution is 2.30. The van der Waals surface area contributed by atoms with Gasteiger partial charge < -0.3 is 15.2 Å². The maximum atomic E-state index is 12.5. The summed E-state index contributed by atoms with van der Waals surface area (Å²) < 4.78 is 4.78. The predicted octanol–water partition coefficient (Wildman–Crippen LogP) is 1.80. The topological polar surface area (TPSA) is 91.2 Å². The van der Waals surface area contributed by atoms with Gasteiger partial charge in [-0.15, -0.1) is 0 Å². The van der Waals surface area contributed by atoms with E-state index in [1.165, 1.54) is 5.01 Å². The number of rotatable bonds is 5. The van der Waals surface area contributed by atoms with Gasteiger partial charge in [0.1, 0.15) is 6.54 Å². The zero-order valence-electron chi connectivity index (χ0n) is 14.0. The number of carbonyl (C=O) groups excluding carboxylic acids is 2. The Kier molecular flexibility index (Phi) is 5.57. The monoisotopic (exact) mass is 331 g/mol. The van der Waals surface area contributed by atoms with E-state index < -0.39 is 11.9 Å². The second-order valence-electron chi connectivity index (χ2n) is 5.45. The van der Waals surface area contributed by atoms with Crippen LogP contribution in [0.3, 0.4) is 0 Å². The number of aliphatic hydroxyl groups is 1. The summed E-state index contributed by atoms with van der Waals surface area (Å²) in [6.45, 7) is 5.60. The van der Waals surface area contributed by atoms with Crippen LogP contribution in [0.1, 0.15) is 31.9 Å². The molecule has 0 aromatic heterocycles. The van der Waals surface area contributed by atoms with E-state index in [-0.39, 0.29) is 24.6 Å². The molecule has 24 heavy (non-hydrogen) atoms. The number of ether oxygens (including phenoxy) is 1. The number of benzene rings is 1. The molecule has 0 unspecified atom stereocenters. The molecule has 1 aliphatic rings. The average molecular weight is 331 g/mol. The first-order valence-electron chi connectivity index (χ1n) is 7.68. The smallest absolute Gasteiger partial charge is 0.325 e. The van der Waals surface area contributed by atoms with Crippen molar-refractivity contribution in [3.05, 3.63) is 41.1 Å². The van der Waals surface area contributed by atoms with Crippen LogP contribution in [0.2, 0.25) is 0 Å². The van der Waals surface area contributed by atoms with Gasteiger partial charge in [-0.3, -0.25) is 14.6 Å². The van der Waals surface area contributed by atoms with Gasteiger partial charge in [-0.25, -0.2) is 0 Å². The van der Waals surface area contributed by atoms with Crippen molar-refractivity contribution in [2.75, 3.05) is 13.2 Å². The minimum atomic E-state index is -0.583. The molecule has 2 N–H and O–H groups in total. The second-order valence-corrected chi connectivity index (χ2v) is 5.45. The first-order valence-corrected chi connectivity index (χ1v) is 7.68. The van der Waals surface area contributed by atoms with Crippen molar-refractivity contribution < 1.29 is 19.4 Å². The van der Waals surface area contributed by atoms with Crippen LogP contribution in [0, 0.1) is 0 Å². The summed E-state index contributed by atoms with van der Waals surface area (Å²) in [5, 5.41) is 18.7. The Labute approximate surface area is 140 Å². The highest BCUT2D eigenvalue weighted by molar-refractivity contribution is 6.01. The van der Waals surface area contributed by atoms with Gasteiger partial charge in [0.05, 0.1) is 13.2 Å². The molecule has 1 aromatic carbocycles. The lowest BCUT2D eigenvalue weighted by molar-refractivity contribution is -0.143. The third-order valence-electron chi connectivity index (χ3n) is 3.31. The minimum Gasteiger partial charge on any atom is -0.505 e. The molecule has 7 nitrogen and oxygen atoms in total. The van der Waals surface area contributed by atoms with Crippen LogP contribution in [0.15, 0.2) is 35.1 Å². The van der Waals surface area contributed by atoms with Crippen LogP contribution < -0.4 is 5.32 Å². The van der Waals surface area contributed by atoms with E-state index in [0.717, 1.165) is 11.3 Å². The molecule has 0 spiro atoms.